The van der Waals surface area contributed by atoms with Crippen LogP contribution in [0.3, 0.4) is 0 Å². The lowest BCUT2D eigenvalue weighted by molar-refractivity contribution is -0.193. The van der Waals surface area contributed by atoms with Crippen molar-refractivity contribution in [3.63, 3.8) is 0 Å². The number of aromatic nitrogens is 5. The quantitative estimate of drug-likeness (QED) is 0.161. The van der Waals surface area contributed by atoms with Crippen LogP contribution in [-0.4, -0.2) is 72.7 Å². The molecular formula is C30H27F6N5O7. The first-order valence-electron chi connectivity index (χ1n) is 13.5. The van der Waals surface area contributed by atoms with Gasteiger partial charge in [0.2, 0.25) is 0 Å². The number of carboxylic acid groups (broad SMARTS) is 2. The summed E-state index contributed by atoms with van der Waals surface area (Å²) in [5.41, 5.74) is 3.57. The number of carbonyl (C=O) groups is 2. The second-order valence-electron chi connectivity index (χ2n) is 9.45. The van der Waals surface area contributed by atoms with Crippen molar-refractivity contribution in [3.8, 4) is 28.6 Å². The van der Waals surface area contributed by atoms with Crippen molar-refractivity contribution in [2.45, 2.75) is 25.4 Å². The first-order chi connectivity index (χ1) is 22.6. The lowest BCUT2D eigenvalue weighted by Crippen LogP contribution is -2.21. The number of hydrogen-bond donors (Lipinski definition) is 3. The maximum Gasteiger partial charge on any atom is 0.490 e. The van der Waals surface area contributed by atoms with Crippen LogP contribution >= 0.6 is 0 Å². The zero-order chi connectivity index (χ0) is 35.5. The standard InChI is InChI=1S/C26H25N5O3.2C2HF3O2/c1-31-12-11-27-24(31)17-34-22-15-19(25-29-23-4-3-10-28-26(23)30-25)14-21(16-22)33-13-9-18-5-7-20(32-2)8-6-18;2*3-2(4,5)1(6)7/h3-8,10-12,14-16H,9,13,17H2,1-2H3,(H,28,29,30);2*(H,6,7). The molecule has 2 aromatic carbocycles. The van der Waals surface area contributed by atoms with Gasteiger partial charge in [0.05, 0.1) is 13.7 Å². The molecule has 0 bridgehead atoms. The molecule has 5 rings (SSSR count). The minimum atomic E-state index is -5.08. The first kappa shape index (κ1) is 36.7. The highest BCUT2D eigenvalue weighted by molar-refractivity contribution is 5.76. The van der Waals surface area contributed by atoms with Gasteiger partial charge in [0, 0.05) is 43.7 Å². The normalized spacial score (nSPS) is 11.1. The number of carboxylic acids is 2. The van der Waals surface area contributed by atoms with Gasteiger partial charge >= 0.3 is 24.3 Å². The molecule has 0 amide bonds. The van der Waals surface area contributed by atoms with Crippen LogP contribution in [0.4, 0.5) is 26.3 Å². The number of methoxy groups -OCH3 is 1. The summed E-state index contributed by atoms with van der Waals surface area (Å²) < 4.78 is 82.8. The second-order valence-corrected chi connectivity index (χ2v) is 9.45. The number of aliphatic carboxylic acids is 2. The molecule has 3 N–H and O–H groups in total. The summed E-state index contributed by atoms with van der Waals surface area (Å²) >= 11 is 0. The van der Waals surface area contributed by atoms with Crippen molar-refractivity contribution in [2.24, 2.45) is 7.05 Å². The van der Waals surface area contributed by atoms with Gasteiger partial charge in [0.15, 0.2) is 5.65 Å². The molecular weight excluding hydrogens is 656 g/mol. The van der Waals surface area contributed by atoms with E-state index in [0.29, 0.717) is 30.5 Å². The zero-order valence-electron chi connectivity index (χ0n) is 25.0. The number of pyridine rings is 1. The van der Waals surface area contributed by atoms with Crippen LogP contribution in [0.2, 0.25) is 0 Å². The fourth-order valence-electron chi connectivity index (χ4n) is 3.62. The molecule has 0 spiro atoms. The van der Waals surface area contributed by atoms with Crippen molar-refractivity contribution >= 4 is 23.1 Å². The van der Waals surface area contributed by atoms with Crippen molar-refractivity contribution in [1.82, 2.24) is 24.5 Å². The van der Waals surface area contributed by atoms with Gasteiger partial charge in [-0.15, -0.1) is 0 Å². The number of fused-ring (bicyclic) bond motifs is 1. The summed E-state index contributed by atoms with van der Waals surface area (Å²) in [5.74, 6) is -1.76. The molecule has 3 heterocycles. The minimum absolute atomic E-state index is 0.347. The Kier molecular flexibility index (Phi) is 12.3. The molecule has 48 heavy (non-hydrogen) atoms. The maximum atomic E-state index is 10.6. The lowest BCUT2D eigenvalue weighted by Gasteiger charge is -2.12. The number of nitrogens with one attached hydrogen (secondary N) is 1. The molecule has 0 atom stereocenters. The second kappa shape index (κ2) is 16.1. The smallest absolute Gasteiger partial charge is 0.490 e. The van der Waals surface area contributed by atoms with E-state index in [2.05, 4.69) is 19.9 Å². The third kappa shape index (κ3) is 11.2. The van der Waals surface area contributed by atoms with E-state index in [1.807, 2.05) is 72.4 Å². The van der Waals surface area contributed by atoms with E-state index in [0.717, 1.165) is 34.7 Å². The molecule has 0 radical (unpaired) electrons. The zero-order valence-corrected chi connectivity index (χ0v) is 25.0. The van der Waals surface area contributed by atoms with Crippen LogP contribution in [0.5, 0.6) is 17.2 Å². The molecule has 0 aliphatic rings. The summed E-state index contributed by atoms with van der Waals surface area (Å²) in [4.78, 5) is 34.4. The van der Waals surface area contributed by atoms with Gasteiger partial charge < -0.3 is 34.0 Å². The molecule has 3 aromatic heterocycles. The number of imidazole rings is 2. The number of ether oxygens (including phenoxy) is 3. The van der Waals surface area contributed by atoms with Crippen molar-refractivity contribution < 1.29 is 60.4 Å². The molecule has 0 aliphatic carbocycles. The summed E-state index contributed by atoms with van der Waals surface area (Å²) in [6.45, 7) is 0.871. The number of aromatic amines is 1. The maximum absolute atomic E-state index is 10.6. The molecule has 12 nitrogen and oxygen atoms in total. The Morgan fingerprint density at radius 2 is 1.46 bits per heavy atom. The predicted octanol–water partition coefficient (Wildman–Crippen LogP) is 5.83. The van der Waals surface area contributed by atoms with Crippen LogP contribution < -0.4 is 14.2 Å². The van der Waals surface area contributed by atoms with Gasteiger partial charge in [-0.25, -0.2) is 24.5 Å². The topological polar surface area (TPSA) is 162 Å². The Hall–Kier alpha value is -5.81. The van der Waals surface area contributed by atoms with Gasteiger partial charge in [-0.1, -0.05) is 12.1 Å². The number of alkyl halides is 6. The summed E-state index contributed by atoms with van der Waals surface area (Å²) in [6.07, 6.45) is -4.01. The van der Waals surface area contributed by atoms with Crippen LogP contribution in [0.25, 0.3) is 22.6 Å². The Labute approximate surface area is 267 Å². The molecule has 0 aliphatic heterocycles. The van der Waals surface area contributed by atoms with E-state index in [9.17, 15) is 26.3 Å². The van der Waals surface area contributed by atoms with Gasteiger partial charge in [-0.3, -0.25) is 0 Å². The third-order valence-corrected chi connectivity index (χ3v) is 6.00. The van der Waals surface area contributed by atoms with E-state index in [1.54, 1.807) is 19.5 Å². The SMILES string of the molecule is COc1ccc(CCOc2cc(OCc3nccn3C)cc(-c3nc4cccnc4[nH]3)c2)cc1.O=C(O)C(F)(F)F.O=C(O)C(F)(F)F. The molecule has 18 heteroatoms. The largest absolute Gasteiger partial charge is 0.497 e. The van der Waals surface area contributed by atoms with E-state index in [1.165, 1.54) is 5.56 Å². The number of hydrogen-bond acceptors (Lipinski definition) is 8. The van der Waals surface area contributed by atoms with Crippen LogP contribution in [-0.2, 0) is 29.7 Å². The molecule has 5 aromatic rings. The third-order valence-electron chi connectivity index (χ3n) is 6.00. The molecule has 0 saturated heterocycles. The number of benzene rings is 2. The van der Waals surface area contributed by atoms with E-state index in [4.69, 9.17) is 34.0 Å². The van der Waals surface area contributed by atoms with Gasteiger partial charge in [-0.05, 0) is 42.0 Å². The highest BCUT2D eigenvalue weighted by atomic mass is 19.4. The van der Waals surface area contributed by atoms with Gasteiger partial charge in [-0.2, -0.15) is 26.3 Å². The Balaban J connectivity index is 0.000000376. The number of aryl methyl sites for hydroxylation is 1. The summed E-state index contributed by atoms with van der Waals surface area (Å²) in [5, 5.41) is 14.2. The Morgan fingerprint density at radius 3 is 1.98 bits per heavy atom. The summed E-state index contributed by atoms with van der Waals surface area (Å²) in [7, 11) is 3.61. The Bertz CT molecular complexity index is 1750. The predicted molar refractivity (Wildman–Crippen MR) is 156 cm³/mol. The van der Waals surface area contributed by atoms with Gasteiger partial charge in [0.1, 0.15) is 41.0 Å². The number of halogens is 6. The molecule has 256 valence electrons. The highest BCUT2D eigenvalue weighted by Gasteiger charge is 2.38. The first-order valence-corrected chi connectivity index (χ1v) is 13.5. The Morgan fingerprint density at radius 1 is 0.854 bits per heavy atom. The van der Waals surface area contributed by atoms with E-state index < -0.39 is 24.3 Å². The number of rotatable bonds is 9. The molecule has 0 unspecified atom stereocenters. The van der Waals surface area contributed by atoms with Crippen molar-refractivity contribution in [3.05, 3.63) is 84.6 Å². The lowest BCUT2D eigenvalue weighted by atomic mass is 10.1. The van der Waals surface area contributed by atoms with E-state index >= 15 is 0 Å². The average Bonchev–Trinajstić information content (AvgIpc) is 3.66. The van der Waals surface area contributed by atoms with Gasteiger partial charge in [0.25, 0.3) is 0 Å². The molecule has 0 saturated carbocycles. The van der Waals surface area contributed by atoms with Crippen LogP contribution in [0.1, 0.15) is 11.4 Å². The van der Waals surface area contributed by atoms with E-state index in [-0.39, 0.29) is 0 Å². The summed E-state index contributed by atoms with van der Waals surface area (Å²) in [6, 6.07) is 17.6. The van der Waals surface area contributed by atoms with Crippen LogP contribution in [0.15, 0.2) is 73.2 Å². The fourth-order valence-corrected chi connectivity index (χ4v) is 3.62. The van der Waals surface area contributed by atoms with Crippen molar-refractivity contribution in [1.29, 1.82) is 0 Å². The average molecular weight is 684 g/mol. The number of H-pyrrole nitrogens is 1. The molecule has 0 fully saturated rings. The number of nitrogens with zero attached hydrogens (tertiary/aromatic N) is 4. The monoisotopic (exact) mass is 683 g/mol. The van der Waals surface area contributed by atoms with Crippen molar-refractivity contribution in [2.75, 3.05) is 13.7 Å². The fraction of sp³-hybridized carbons (Fsp3) is 0.233. The minimum Gasteiger partial charge on any atom is -0.497 e. The van der Waals surface area contributed by atoms with Crippen LogP contribution in [0, 0.1) is 0 Å². The highest BCUT2D eigenvalue weighted by Crippen LogP contribution is 2.30.